The molecule has 0 bridgehead atoms. The van der Waals surface area contributed by atoms with E-state index < -0.39 is 0 Å². The lowest BCUT2D eigenvalue weighted by atomic mass is 9.99. The first-order valence-corrected chi connectivity index (χ1v) is 13.0. The maximum Gasteiger partial charge on any atom is 0.232 e. The molecule has 2 heterocycles. The molecule has 204 valence electrons. The van der Waals surface area contributed by atoms with Crippen molar-refractivity contribution in [3.05, 3.63) is 82.1 Å². The standard InChI is InChI=1S/C31H34N2O6/c1-20-14-24(34)23(19-33-12-10-32(11-13-33)18-21-8-6-5-7-9-21)31-29(20)30(35)28(39-31)16-22-15-26(37-3)27(38-4)17-25(22)36-2/h5-9,14-17,34H,10-13,18-19H2,1-4H3/b28-16-. The largest absolute Gasteiger partial charge is 0.507 e. The molecule has 2 aliphatic heterocycles. The van der Waals surface area contributed by atoms with Crippen LogP contribution in [0.5, 0.6) is 28.7 Å². The van der Waals surface area contributed by atoms with E-state index in [0.29, 0.717) is 51.8 Å². The number of rotatable bonds is 8. The number of Topliss-reactive ketones (excluding diaryl/α,β-unsaturated/α-hetero) is 1. The van der Waals surface area contributed by atoms with Crippen LogP contribution in [-0.2, 0) is 13.1 Å². The van der Waals surface area contributed by atoms with Gasteiger partial charge in [0.2, 0.25) is 5.78 Å². The highest BCUT2D eigenvalue weighted by Gasteiger charge is 2.34. The number of phenols is 1. The highest BCUT2D eigenvalue weighted by Crippen LogP contribution is 2.43. The van der Waals surface area contributed by atoms with Crippen LogP contribution in [0.15, 0.2) is 54.3 Å². The summed E-state index contributed by atoms with van der Waals surface area (Å²) in [5, 5.41) is 10.9. The van der Waals surface area contributed by atoms with Gasteiger partial charge in [-0.25, -0.2) is 0 Å². The van der Waals surface area contributed by atoms with E-state index in [1.807, 2.05) is 13.0 Å². The summed E-state index contributed by atoms with van der Waals surface area (Å²) < 4.78 is 22.5. The minimum absolute atomic E-state index is 0.135. The fourth-order valence-electron chi connectivity index (χ4n) is 5.21. The van der Waals surface area contributed by atoms with Gasteiger partial charge in [0.25, 0.3) is 0 Å². The van der Waals surface area contributed by atoms with Gasteiger partial charge in [-0.1, -0.05) is 30.3 Å². The molecule has 39 heavy (non-hydrogen) atoms. The Bertz CT molecular complexity index is 1390. The Morgan fingerprint density at radius 3 is 2.13 bits per heavy atom. The van der Waals surface area contributed by atoms with E-state index in [1.54, 1.807) is 45.6 Å². The van der Waals surface area contributed by atoms with Crippen LogP contribution in [-0.4, -0.2) is 68.2 Å². The number of carbonyl (C=O) groups is 1. The Morgan fingerprint density at radius 1 is 0.872 bits per heavy atom. The maximum absolute atomic E-state index is 13.5. The summed E-state index contributed by atoms with van der Waals surface area (Å²) >= 11 is 0. The molecule has 2 aliphatic rings. The monoisotopic (exact) mass is 530 g/mol. The SMILES string of the molecule is COc1cc(OC)c(OC)cc1/C=C1\Oc2c(CN3CCN(Cc4ccccc4)CC3)c(O)cc(C)c2C1=O. The van der Waals surface area contributed by atoms with Gasteiger partial charge < -0.3 is 24.1 Å². The number of hydrogen-bond donors (Lipinski definition) is 1. The van der Waals surface area contributed by atoms with Crippen LogP contribution in [0.3, 0.4) is 0 Å². The van der Waals surface area contributed by atoms with Crippen molar-refractivity contribution < 1.29 is 28.8 Å². The summed E-state index contributed by atoms with van der Waals surface area (Å²) in [4.78, 5) is 18.2. The third-order valence-corrected chi connectivity index (χ3v) is 7.34. The number of methoxy groups -OCH3 is 3. The van der Waals surface area contributed by atoms with Gasteiger partial charge in [0.05, 0.1) is 32.5 Å². The summed E-state index contributed by atoms with van der Waals surface area (Å²) in [5.41, 5.74) is 3.70. The molecule has 5 rings (SSSR count). The summed E-state index contributed by atoms with van der Waals surface area (Å²) in [7, 11) is 4.65. The van der Waals surface area contributed by atoms with Crippen molar-refractivity contribution >= 4 is 11.9 Å². The Morgan fingerprint density at radius 2 is 1.49 bits per heavy atom. The number of aryl methyl sites for hydroxylation is 1. The number of hydrogen-bond acceptors (Lipinski definition) is 8. The van der Waals surface area contributed by atoms with Crippen LogP contribution in [0.25, 0.3) is 6.08 Å². The molecular weight excluding hydrogens is 496 g/mol. The Kier molecular flexibility index (Phi) is 7.77. The fourth-order valence-corrected chi connectivity index (χ4v) is 5.21. The van der Waals surface area contributed by atoms with Gasteiger partial charge >= 0.3 is 0 Å². The Labute approximate surface area is 229 Å². The number of ketones is 1. The first-order chi connectivity index (χ1) is 18.9. The zero-order valence-electron chi connectivity index (χ0n) is 22.8. The van der Waals surface area contributed by atoms with E-state index >= 15 is 0 Å². The van der Waals surface area contributed by atoms with Crippen molar-refractivity contribution in [1.82, 2.24) is 9.80 Å². The lowest BCUT2D eigenvalue weighted by Gasteiger charge is -2.35. The normalized spacial score (nSPS) is 16.7. The van der Waals surface area contributed by atoms with Gasteiger partial charge in [0.15, 0.2) is 17.3 Å². The van der Waals surface area contributed by atoms with Crippen LogP contribution in [0, 0.1) is 6.92 Å². The summed E-state index contributed by atoms with van der Waals surface area (Å²) in [5.74, 6) is 2.04. The zero-order valence-corrected chi connectivity index (χ0v) is 22.8. The first-order valence-electron chi connectivity index (χ1n) is 13.0. The average Bonchev–Trinajstić information content (AvgIpc) is 3.28. The maximum atomic E-state index is 13.5. The molecule has 3 aromatic carbocycles. The van der Waals surface area contributed by atoms with Crippen molar-refractivity contribution in [3.63, 3.8) is 0 Å². The van der Waals surface area contributed by atoms with Crippen molar-refractivity contribution in [2.75, 3.05) is 47.5 Å². The predicted molar refractivity (Wildman–Crippen MR) is 149 cm³/mol. The number of piperazine rings is 1. The van der Waals surface area contributed by atoms with E-state index in [0.717, 1.165) is 32.7 Å². The molecule has 1 N–H and O–H groups in total. The lowest BCUT2D eigenvalue weighted by Crippen LogP contribution is -2.45. The van der Waals surface area contributed by atoms with Crippen molar-refractivity contribution in [2.45, 2.75) is 20.0 Å². The van der Waals surface area contributed by atoms with E-state index in [4.69, 9.17) is 18.9 Å². The summed E-state index contributed by atoms with van der Waals surface area (Å²) in [6.45, 7) is 6.79. The van der Waals surface area contributed by atoms with E-state index in [-0.39, 0.29) is 17.3 Å². The fraction of sp³-hybridized carbons (Fsp3) is 0.323. The summed E-state index contributed by atoms with van der Waals surface area (Å²) in [6, 6.07) is 15.6. The molecule has 1 saturated heterocycles. The molecule has 0 amide bonds. The Balaban J connectivity index is 1.37. The molecule has 3 aromatic rings. The van der Waals surface area contributed by atoms with Crippen molar-refractivity contribution in [3.8, 4) is 28.7 Å². The first kappa shape index (κ1) is 26.6. The second kappa shape index (κ2) is 11.4. The van der Waals surface area contributed by atoms with Crippen LogP contribution in [0.4, 0.5) is 0 Å². The van der Waals surface area contributed by atoms with Gasteiger partial charge in [-0.3, -0.25) is 14.6 Å². The molecule has 8 nitrogen and oxygen atoms in total. The topological polar surface area (TPSA) is 80.7 Å². The quantitative estimate of drug-likeness (QED) is 0.422. The van der Waals surface area contributed by atoms with Crippen molar-refractivity contribution in [2.24, 2.45) is 0 Å². The van der Waals surface area contributed by atoms with Gasteiger partial charge in [-0.15, -0.1) is 0 Å². The number of fused-ring (bicyclic) bond motifs is 1. The summed E-state index contributed by atoms with van der Waals surface area (Å²) in [6.07, 6.45) is 1.64. The van der Waals surface area contributed by atoms with Crippen LogP contribution in [0.1, 0.15) is 32.6 Å². The average molecular weight is 531 g/mol. The highest BCUT2D eigenvalue weighted by atomic mass is 16.5. The third kappa shape index (κ3) is 5.44. The molecule has 0 unspecified atom stereocenters. The van der Waals surface area contributed by atoms with E-state index in [1.165, 1.54) is 5.56 Å². The number of aromatic hydroxyl groups is 1. The van der Waals surface area contributed by atoms with Gasteiger partial charge in [0, 0.05) is 50.9 Å². The lowest BCUT2D eigenvalue weighted by molar-refractivity contribution is 0.101. The van der Waals surface area contributed by atoms with Gasteiger partial charge in [0.1, 0.15) is 17.2 Å². The number of phenolic OH excluding ortho intramolecular Hbond substituents is 1. The number of nitrogens with zero attached hydrogens (tertiary/aromatic N) is 2. The second-order valence-corrected chi connectivity index (χ2v) is 9.82. The molecule has 1 fully saturated rings. The Hall–Kier alpha value is -4.01. The minimum Gasteiger partial charge on any atom is -0.507 e. The van der Waals surface area contributed by atoms with Crippen LogP contribution < -0.4 is 18.9 Å². The van der Waals surface area contributed by atoms with E-state index in [2.05, 4.69) is 34.1 Å². The molecule has 0 atom stereocenters. The zero-order chi connectivity index (χ0) is 27.5. The number of benzene rings is 3. The minimum atomic E-state index is -0.228. The molecule has 0 aliphatic carbocycles. The van der Waals surface area contributed by atoms with Crippen LogP contribution in [0.2, 0.25) is 0 Å². The molecular formula is C31H34N2O6. The highest BCUT2D eigenvalue weighted by molar-refractivity contribution is 6.16. The number of allylic oxidation sites excluding steroid dienone is 1. The second-order valence-electron chi connectivity index (χ2n) is 9.82. The molecule has 0 saturated carbocycles. The molecule has 0 spiro atoms. The van der Waals surface area contributed by atoms with Gasteiger partial charge in [-0.05, 0) is 36.3 Å². The number of ether oxygens (including phenoxy) is 4. The van der Waals surface area contributed by atoms with Gasteiger partial charge in [-0.2, -0.15) is 0 Å². The molecule has 8 heteroatoms. The number of carbonyl (C=O) groups excluding carboxylic acids is 1. The van der Waals surface area contributed by atoms with Crippen molar-refractivity contribution in [1.29, 1.82) is 0 Å². The van der Waals surface area contributed by atoms with Crippen LogP contribution >= 0.6 is 0 Å². The predicted octanol–water partition coefficient (Wildman–Crippen LogP) is 4.66. The molecule has 0 aromatic heterocycles. The smallest absolute Gasteiger partial charge is 0.232 e. The third-order valence-electron chi connectivity index (χ3n) is 7.34. The van der Waals surface area contributed by atoms with E-state index in [9.17, 15) is 9.90 Å². The molecule has 0 radical (unpaired) electrons.